The second kappa shape index (κ2) is 4.09. The van der Waals surface area contributed by atoms with Crippen LogP contribution in [0.15, 0.2) is 11.6 Å². The van der Waals surface area contributed by atoms with Crippen LogP contribution in [-0.4, -0.2) is 12.1 Å². The Bertz CT molecular complexity index is 145. The van der Waals surface area contributed by atoms with Gasteiger partial charge in [-0.15, -0.1) is 0 Å². The maximum atomic E-state index is 10.9. The topological polar surface area (TPSA) is 26.3 Å². The van der Waals surface area contributed by atoms with Gasteiger partial charge in [-0.3, -0.25) is 0 Å². The van der Waals surface area contributed by atoms with E-state index in [0.717, 1.165) is 0 Å². The molecule has 2 nitrogen and oxygen atoms in total. The zero-order valence-electron chi connectivity index (χ0n) is 6.97. The summed E-state index contributed by atoms with van der Waals surface area (Å²) in [6.45, 7) is 7.23. The molecule has 0 aromatic carbocycles. The van der Waals surface area contributed by atoms with Crippen molar-refractivity contribution in [3.05, 3.63) is 11.6 Å². The first-order valence-electron chi connectivity index (χ1n) is 3.41. The first-order valence-corrected chi connectivity index (χ1v) is 3.41. The van der Waals surface area contributed by atoms with E-state index in [9.17, 15) is 4.79 Å². The minimum absolute atomic E-state index is 0.0256. The van der Waals surface area contributed by atoms with Crippen LogP contribution in [0.25, 0.3) is 0 Å². The van der Waals surface area contributed by atoms with Crippen LogP contribution in [0.2, 0.25) is 0 Å². The molecule has 2 heteroatoms. The molecule has 0 fully saturated rings. The van der Waals surface area contributed by atoms with Gasteiger partial charge in [0.2, 0.25) is 0 Å². The highest BCUT2D eigenvalue weighted by atomic mass is 16.5. The van der Waals surface area contributed by atoms with Crippen LogP contribution in [0, 0.1) is 0 Å². The van der Waals surface area contributed by atoms with Gasteiger partial charge < -0.3 is 4.74 Å². The molecule has 0 rings (SSSR count). The summed E-state index contributed by atoms with van der Waals surface area (Å²) in [7, 11) is 0. The van der Waals surface area contributed by atoms with Gasteiger partial charge in [0.05, 0.1) is 6.10 Å². The molecule has 0 unspecified atom stereocenters. The Balaban J connectivity index is 3.86. The maximum absolute atomic E-state index is 10.9. The Morgan fingerprint density at radius 2 is 2.00 bits per heavy atom. The summed E-state index contributed by atoms with van der Waals surface area (Å²) in [5.74, 6) is -0.225. The fourth-order valence-corrected chi connectivity index (χ4v) is 0.425. The summed E-state index contributed by atoms with van der Waals surface area (Å²) in [6, 6.07) is 0. The van der Waals surface area contributed by atoms with Crippen molar-refractivity contribution in [1.29, 1.82) is 0 Å². The van der Waals surface area contributed by atoms with E-state index in [-0.39, 0.29) is 12.1 Å². The number of ether oxygens (including phenoxy) is 1. The Kier molecular flexibility index (Phi) is 3.77. The van der Waals surface area contributed by atoms with Crippen molar-refractivity contribution in [2.75, 3.05) is 0 Å². The third-order valence-corrected chi connectivity index (χ3v) is 1.10. The Labute approximate surface area is 61.9 Å². The summed E-state index contributed by atoms with van der Waals surface area (Å²) in [5.41, 5.74) is 0.661. The Hall–Kier alpha value is -0.790. The molecule has 58 valence electrons. The van der Waals surface area contributed by atoms with E-state index in [4.69, 9.17) is 4.74 Å². The van der Waals surface area contributed by atoms with Crippen molar-refractivity contribution in [2.45, 2.75) is 33.8 Å². The van der Waals surface area contributed by atoms with Crippen LogP contribution in [0.3, 0.4) is 0 Å². The third kappa shape index (κ3) is 3.28. The quantitative estimate of drug-likeness (QED) is 0.435. The zero-order chi connectivity index (χ0) is 8.15. The predicted molar refractivity (Wildman–Crippen MR) is 40.7 cm³/mol. The highest BCUT2D eigenvalue weighted by Gasteiger charge is 2.05. The minimum Gasteiger partial charge on any atom is -0.460 e. The molecule has 0 saturated carbocycles. The van der Waals surface area contributed by atoms with Crippen LogP contribution in [0.1, 0.15) is 27.7 Å². The van der Waals surface area contributed by atoms with E-state index in [0.29, 0.717) is 5.57 Å². The monoisotopic (exact) mass is 142 g/mol. The SMILES string of the molecule is C/C=C(/C)C(=O)OC(C)C. The fourth-order valence-electron chi connectivity index (χ4n) is 0.425. The van der Waals surface area contributed by atoms with Crippen molar-refractivity contribution in [1.82, 2.24) is 0 Å². The third-order valence-electron chi connectivity index (χ3n) is 1.10. The van der Waals surface area contributed by atoms with Crippen molar-refractivity contribution in [3.8, 4) is 0 Å². The van der Waals surface area contributed by atoms with Crippen LogP contribution in [0.5, 0.6) is 0 Å². The van der Waals surface area contributed by atoms with Gasteiger partial charge in [0.1, 0.15) is 0 Å². The lowest BCUT2D eigenvalue weighted by molar-refractivity contribution is -0.142. The molecule has 0 aliphatic heterocycles. The molecular weight excluding hydrogens is 128 g/mol. The standard InChI is InChI=1S/C8H14O2/c1-5-7(4)8(9)10-6(2)3/h5-6H,1-4H3/b7-5-. The molecule has 0 aliphatic rings. The molecule has 0 spiro atoms. The number of esters is 1. The van der Waals surface area contributed by atoms with Crippen molar-refractivity contribution in [3.63, 3.8) is 0 Å². The average molecular weight is 142 g/mol. The highest BCUT2D eigenvalue weighted by molar-refractivity contribution is 5.87. The van der Waals surface area contributed by atoms with E-state index in [1.807, 2.05) is 20.8 Å². The normalized spacial score (nSPS) is 11.9. The van der Waals surface area contributed by atoms with E-state index < -0.39 is 0 Å². The van der Waals surface area contributed by atoms with Gasteiger partial charge >= 0.3 is 5.97 Å². The smallest absolute Gasteiger partial charge is 0.333 e. The summed E-state index contributed by atoms with van der Waals surface area (Å²) in [4.78, 5) is 10.9. The van der Waals surface area contributed by atoms with Crippen molar-refractivity contribution in [2.24, 2.45) is 0 Å². The predicted octanol–water partition coefficient (Wildman–Crippen LogP) is 1.90. The largest absolute Gasteiger partial charge is 0.460 e. The lowest BCUT2D eigenvalue weighted by Gasteiger charge is -2.06. The van der Waals surface area contributed by atoms with Crippen molar-refractivity contribution < 1.29 is 9.53 Å². The fraction of sp³-hybridized carbons (Fsp3) is 0.625. The van der Waals surface area contributed by atoms with Gasteiger partial charge in [-0.2, -0.15) is 0 Å². The zero-order valence-corrected chi connectivity index (χ0v) is 6.97. The molecule has 0 saturated heterocycles. The van der Waals surface area contributed by atoms with E-state index in [1.165, 1.54) is 0 Å². The molecule has 0 N–H and O–H groups in total. The molecule has 0 amide bonds. The number of hydrogen-bond donors (Lipinski definition) is 0. The lowest BCUT2D eigenvalue weighted by atomic mass is 10.3. The number of rotatable bonds is 2. The Morgan fingerprint density at radius 1 is 1.50 bits per heavy atom. The summed E-state index contributed by atoms with van der Waals surface area (Å²) < 4.78 is 4.90. The van der Waals surface area contributed by atoms with Crippen LogP contribution in [0.4, 0.5) is 0 Å². The summed E-state index contributed by atoms with van der Waals surface area (Å²) in [6.07, 6.45) is 1.72. The van der Waals surface area contributed by atoms with Crippen LogP contribution >= 0.6 is 0 Å². The van der Waals surface area contributed by atoms with Crippen LogP contribution < -0.4 is 0 Å². The number of allylic oxidation sites excluding steroid dienone is 1. The molecule has 0 aromatic heterocycles. The van der Waals surface area contributed by atoms with Gasteiger partial charge in [-0.25, -0.2) is 4.79 Å². The highest BCUT2D eigenvalue weighted by Crippen LogP contribution is 1.98. The minimum atomic E-state index is -0.225. The molecule has 0 bridgehead atoms. The molecular formula is C8H14O2. The second-order valence-electron chi connectivity index (χ2n) is 2.43. The maximum Gasteiger partial charge on any atom is 0.333 e. The van der Waals surface area contributed by atoms with Gasteiger partial charge in [0.25, 0.3) is 0 Å². The number of hydrogen-bond acceptors (Lipinski definition) is 2. The van der Waals surface area contributed by atoms with Crippen LogP contribution in [-0.2, 0) is 9.53 Å². The molecule has 10 heavy (non-hydrogen) atoms. The van der Waals surface area contributed by atoms with E-state index >= 15 is 0 Å². The van der Waals surface area contributed by atoms with Gasteiger partial charge in [0.15, 0.2) is 0 Å². The van der Waals surface area contributed by atoms with E-state index in [2.05, 4.69) is 0 Å². The molecule has 0 atom stereocenters. The molecule has 0 heterocycles. The molecule has 0 radical (unpaired) electrons. The summed E-state index contributed by atoms with van der Waals surface area (Å²) in [5, 5.41) is 0. The summed E-state index contributed by atoms with van der Waals surface area (Å²) >= 11 is 0. The number of carbonyl (C=O) groups is 1. The van der Waals surface area contributed by atoms with E-state index in [1.54, 1.807) is 13.0 Å². The molecule has 0 aromatic rings. The first-order chi connectivity index (χ1) is 4.57. The van der Waals surface area contributed by atoms with Gasteiger partial charge in [-0.1, -0.05) is 6.08 Å². The molecule has 0 aliphatic carbocycles. The second-order valence-corrected chi connectivity index (χ2v) is 2.43. The average Bonchev–Trinajstić information content (AvgIpc) is 1.85. The van der Waals surface area contributed by atoms with Crippen molar-refractivity contribution >= 4 is 5.97 Å². The van der Waals surface area contributed by atoms with Gasteiger partial charge in [-0.05, 0) is 27.7 Å². The number of carbonyl (C=O) groups excluding carboxylic acids is 1. The Morgan fingerprint density at radius 3 is 2.30 bits per heavy atom. The lowest BCUT2D eigenvalue weighted by Crippen LogP contribution is -2.11. The van der Waals surface area contributed by atoms with Gasteiger partial charge in [0, 0.05) is 5.57 Å². The first kappa shape index (κ1) is 9.21.